The highest BCUT2D eigenvalue weighted by atomic mass is 35.5. The van der Waals surface area contributed by atoms with Crippen molar-refractivity contribution in [2.24, 2.45) is 5.16 Å². The second-order valence-electron chi connectivity index (χ2n) is 8.72. The number of pyridine rings is 1. The Morgan fingerprint density at radius 3 is 2.23 bits per heavy atom. The van der Waals surface area contributed by atoms with Crippen LogP contribution in [0.25, 0.3) is 0 Å². The van der Waals surface area contributed by atoms with Crippen LogP contribution in [0.15, 0.2) is 59.9 Å². The number of rotatable bonds is 5. The first kappa shape index (κ1) is 28.5. The molecular formula is C25H18Cl2F6N4O2. The predicted octanol–water partition coefficient (Wildman–Crippen LogP) is 7.08. The van der Waals surface area contributed by atoms with Gasteiger partial charge in [-0.25, -0.2) is 4.98 Å². The number of nitrogens with one attached hydrogen (secondary N) is 1. The van der Waals surface area contributed by atoms with Crippen LogP contribution in [-0.2, 0) is 16.6 Å². The van der Waals surface area contributed by atoms with Gasteiger partial charge in [0.1, 0.15) is 5.82 Å². The molecule has 39 heavy (non-hydrogen) atoms. The zero-order valence-corrected chi connectivity index (χ0v) is 21.6. The van der Waals surface area contributed by atoms with Crippen molar-refractivity contribution in [3.63, 3.8) is 0 Å². The summed E-state index contributed by atoms with van der Waals surface area (Å²) in [6.45, 7) is 1.57. The zero-order chi connectivity index (χ0) is 28.8. The molecule has 0 spiro atoms. The molecule has 1 aromatic heterocycles. The molecule has 1 aliphatic rings. The number of carbonyl (C=O) groups excluding carboxylic acids is 1. The number of aryl methyl sites for hydroxylation is 1. The third kappa shape index (κ3) is 5.76. The molecule has 1 amide bonds. The quantitative estimate of drug-likeness (QED) is 0.255. The number of oxime groups is 1. The number of alkyl halides is 6. The number of aromatic nitrogens is 1. The highest BCUT2D eigenvalue weighted by Gasteiger charge is 2.62. The maximum atomic E-state index is 14.2. The first-order valence-corrected chi connectivity index (χ1v) is 11.8. The second-order valence-corrected chi connectivity index (χ2v) is 9.59. The lowest BCUT2D eigenvalue weighted by atomic mass is 9.86. The number of halogens is 8. The molecule has 2 heterocycles. The fraction of sp³-hybridized carbons (Fsp3) is 0.240. The van der Waals surface area contributed by atoms with Gasteiger partial charge in [0.25, 0.3) is 11.5 Å². The molecule has 2 aromatic carbocycles. The maximum Gasteiger partial charge on any atom is 0.435 e. The number of amides is 1. The Kier molecular flexibility index (Phi) is 7.48. The Bertz CT molecular complexity index is 1420. The molecule has 0 aliphatic carbocycles. The van der Waals surface area contributed by atoms with Crippen LogP contribution in [0.4, 0.5) is 32.2 Å². The van der Waals surface area contributed by atoms with Crippen LogP contribution in [0.3, 0.4) is 0 Å². The number of hydrogen-bond acceptors (Lipinski definition) is 5. The van der Waals surface area contributed by atoms with E-state index in [0.29, 0.717) is 17.3 Å². The van der Waals surface area contributed by atoms with Gasteiger partial charge in [-0.3, -0.25) is 15.2 Å². The Labute approximate surface area is 228 Å². The molecule has 0 bridgehead atoms. The molecule has 6 nitrogen and oxygen atoms in total. The van der Waals surface area contributed by atoms with E-state index >= 15 is 0 Å². The monoisotopic (exact) mass is 590 g/mol. The highest BCUT2D eigenvalue weighted by molar-refractivity contribution is 6.34. The summed E-state index contributed by atoms with van der Waals surface area (Å²) in [6.07, 6.45) is -9.44. The van der Waals surface area contributed by atoms with Gasteiger partial charge in [-0.05, 0) is 60.5 Å². The van der Waals surface area contributed by atoms with Gasteiger partial charge in [-0.1, -0.05) is 34.4 Å². The fourth-order valence-electron chi connectivity index (χ4n) is 3.97. The summed E-state index contributed by atoms with van der Waals surface area (Å²) in [4.78, 5) is 21.5. The third-order valence-electron chi connectivity index (χ3n) is 6.01. The predicted molar refractivity (Wildman–Crippen MR) is 133 cm³/mol. The van der Waals surface area contributed by atoms with E-state index < -0.39 is 35.8 Å². The van der Waals surface area contributed by atoms with E-state index in [9.17, 15) is 31.1 Å². The number of hydrogen-bond donors (Lipinski definition) is 1. The molecule has 206 valence electrons. The molecule has 0 saturated heterocycles. The van der Waals surface area contributed by atoms with Crippen LogP contribution in [0.1, 0.15) is 39.0 Å². The van der Waals surface area contributed by atoms with Crippen molar-refractivity contribution in [1.29, 1.82) is 0 Å². The SMILES string of the molecule is Cc1cc(C2=NOC(c3cc(Cl)cc(Cl)c3)(C(F)(F)F)C2)ccc1C(=O)NN(C)c1ccc(C(F)(F)F)cn1. The van der Waals surface area contributed by atoms with Crippen molar-refractivity contribution in [3.8, 4) is 0 Å². The molecule has 1 unspecified atom stereocenters. The third-order valence-corrected chi connectivity index (χ3v) is 6.44. The molecule has 0 fully saturated rings. The molecule has 14 heteroatoms. The van der Waals surface area contributed by atoms with Crippen molar-refractivity contribution in [3.05, 3.63) is 92.6 Å². The summed E-state index contributed by atoms with van der Waals surface area (Å²) >= 11 is 11.9. The van der Waals surface area contributed by atoms with E-state index in [-0.39, 0.29) is 32.7 Å². The highest BCUT2D eigenvalue weighted by Crippen LogP contribution is 2.49. The van der Waals surface area contributed by atoms with E-state index in [2.05, 4.69) is 15.6 Å². The van der Waals surface area contributed by atoms with Gasteiger partial charge in [0.15, 0.2) is 0 Å². The van der Waals surface area contributed by atoms with Crippen LogP contribution >= 0.6 is 23.2 Å². The molecule has 1 aliphatic heterocycles. The average molecular weight is 591 g/mol. The van der Waals surface area contributed by atoms with Gasteiger partial charge in [0.05, 0.1) is 11.3 Å². The van der Waals surface area contributed by atoms with Crippen molar-refractivity contribution >= 4 is 40.6 Å². The van der Waals surface area contributed by atoms with Crippen LogP contribution in [-0.4, -0.2) is 29.8 Å². The van der Waals surface area contributed by atoms with Gasteiger partial charge >= 0.3 is 12.4 Å². The number of hydrazine groups is 1. The molecule has 0 saturated carbocycles. The molecule has 3 aromatic rings. The van der Waals surface area contributed by atoms with Gasteiger partial charge in [0.2, 0.25) is 0 Å². The second kappa shape index (κ2) is 10.2. The minimum atomic E-state index is -4.86. The summed E-state index contributed by atoms with van der Waals surface area (Å²) in [5, 5.41) is 4.84. The number of carbonyl (C=O) groups is 1. The Morgan fingerprint density at radius 1 is 1.03 bits per heavy atom. The molecule has 1 N–H and O–H groups in total. The largest absolute Gasteiger partial charge is 0.435 e. The average Bonchev–Trinajstić information content (AvgIpc) is 3.30. The lowest BCUT2D eigenvalue weighted by Crippen LogP contribution is -2.42. The summed E-state index contributed by atoms with van der Waals surface area (Å²) in [5.74, 6) is -0.571. The van der Waals surface area contributed by atoms with Crippen molar-refractivity contribution in [2.75, 3.05) is 12.1 Å². The number of nitrogens with zero attached hydrogens (tertiary/aromatic N) is 3. The van der Waals surface area contributed by atoms with Crippen molar-refractivity contribution in [2.45, 2.75) is 31.3 Å². The molecule has 4 rings (SSSR count). The Balaban J connectivity index is 1.52. The molecule has 0 radical (unpaired) electrons. The van der Waals surface area contributed by atoms with Crippen LogP contribution in [0.2, 0.25) is 10.0 Å². The lowest BCUT2D eigenvalue weighted by molar-refractivity contribution is -0.275. The Morgan fingerprint density at radius 2 is 1.69 bits per heavy atom. The minimum absolute atomic E-state index is 0.000785. The minimum Gasteiger partial charge on any atom is -0.374 e. The first-order valence-electron chi connectivity index (χ1n) is 11.1. The summed E-state index contributed by atoms with van der Waals surface area (Å²) in [5.41, 5.74) is -0.717. The van der Waals surface area contributed by atoms with Gasteiger partial charge < -0.3 is 4.84 Å². The van der Waals surface area contributed by atoms with Gasteiger partial charge in [-0.2, -0.15) is 26.3 Å². The van der Waals surface area contributed by atoms with E-state index in [1.165, 1.54) is 31.3 Å². The zero-order valence-electron chi connectivity index (χ0n) is 20.1. The van der Waals surface area contributed by atoms with Gasteiger partial charge in [-0.15, -0.1) is 0 Å². The maximum absolute atomic E-state index is 14.2. The van der Waals surface area contributed by atoms with Crippen molar-refractivity contribution in [1.82, 2.24) is 10.4 Å². The topological polar surface area (TPSA) is 66.8 Å². The first-order chi connectivity index (χ1) is 18.1. The normalized spacial score (nSPS) is 17.4. The summed E-state index contributed by atoms with van der Waals surface area (Å²) in [7, 11) is 1.39. The summed E-state index contributed by atoms with van der Waals surface area (Å²) < 4.78 is 81.0. The van der Waals surface area contributed by atoms with Crippen LogP contribution < -0.4 is 10.4 Å². The summed E-state index contributed by atoms with van der Waals surface area (Å²) in [6, 6.07) is 9.72. The van der Waals surface area contributed by atoms with E-state index in [1.54, 1.807) is 6.92 Å². The van der Waals surface area contributed by atoms with Crippen molar-refractivity contribution < 1.29 is 36.0 Å². The molecule has 1 atom stereocenters. The van der Waals surface area contributed by atoms with E-state index in [0.717, 1.165) is 29.3 Å². The standard InChI is InChI=1S/C25H18Cl2F6N4O2/c1-13-7-14(20-11-23(39-36-20,25(31,32)33)16-8-17(26)10-18(27)9-16)3-5-19(13)22(38)35-37(2)21-6-4-15(12-34-21)24(28,29)30/h3-10,12H,11H2,1-2H3,(H,35,38). The smallest absolute Gasteiger partial charge is 0.374 e. The van der Waals surface area contributed by atoms with E-state index in [4.69, 9.17) is 28.0 Å². The number of anilines is 1. The number of benzene rings is 2. The fourth-order valence-corrected chi connectivity index (χ4v) is 4.49. The Hall–Kier alpha value is -3.51. The van der Waals surface area contributed by atoms with Crippen LogP contribution in [0.5, 0.6) is 0 Å². The van der Waals surface area contributed by atoms with Crippen LogP contribution in [0, 0.1) is 6.92 Å². The van der Waals surface area contributed by atoms with E-state index in [1.807, 2.05) is 0 Å². The molecular weight excluding hydrogens is 573 g/mol. The van der Waals surface area contributed by atoms with Gasteiger partial charge in [0, 0.05) is 40.8 Å². The lowest BCUT2D eigenvalue weighted by Gasteiger charge is -2.29.